The summed E-state index contributed by atoms with van der Waals surface area (Å²) >= 11 is 0. The van der Waals surface area contributed by atoms with E-state index in [9.17, 15) is 4.79 Å². The number of benzene rings is 2. The number of rotatable bonds is 6. The van der Waals surface area contributed by atoms with Gasteiger partial charge in [-0.3, -0.25) is 9.69 Å². The molecule has 0 atom stereocenters. The summed E-state index contributed by atoms with van der Waals surface area (Å²) in [5, 5.41) is 3.02. The van der Waals surface area contributed by atoms with Crippen LogP contribution in [0.5, 0.6) is 0 Å². The van der Waals surface area contributed by atoms with Crippen LogP contribution in [0.15, 0.2) is 48.5 Å². The van der Waals surface area contributed by atoms with Gasteiger partial charge in [-0.15, -0.1) is 0 Å². The zero-order chi connectivity index (χ0) is 20.1. The van der Waals surface area contributed by atoms with Crippen LogP contribution >= 0.6 is 0 Å². The number of hydrogen-bond acceptors (Lipinski definition) is 3. The van der Waals surface area contributed by atoms with Gasteiger partial charge in [0.2, 0.25) is 0 Å². The normalized spacial score (nSPS) is 15.9. The predicted molar refractivity (Wildman–Crippen MR) is 117 cm³/mol. The Labute approximate surface area is 169 Å². The molecule has 150 valence electrons. The van der Waals surface area contributed by atoms with Gasteiger partial charge < -0.3 is 10.2 Å². The molecule has 0 unspecified atom stereocenters. The van der Waals surface area contributed by atoms with Crippen molar-refractivity contribution in [2.45, 2.75) is 45.2 Å². The lowest BCUT2D eigenvalue weighted by molar-refractivity contribution is 0.102. The minimum Gasteiger partial charge on any atom is -0.322 e. The van der Waals surface area contributed by atoms with Crippen LogP contribution in [-0.2, 0) is 6.54 Å². The Balaban J connectivity index is 1.54. The van der Waals surface area contributed by atoms with E-state index in [2.05, 4.69) is 61.3 Å². The zero-order valence-electron chi connectivity index (χ0n) is 17.6. The standard InChI is InChI=1S/C24H33N3O/c1-18(2)20-6-5-7-21(16-20)24(28)25-22-10-8-19(9-11-22)17-27-14-12-23(13-15-27)26(3)4/h5-11,16,18,23H,12-15,17H2,1-4H3,(H,25,28). The van der Waals surface area contributed by atoms with E-state index in [1.54, 1.807) is 0 Å². The first-order valence-corrected chi connectivity index (χ1v) is 10.3. The van der Waals surface area contributed by atoms with Crippen LogP contribution in [0.25, 0.3) is 0 Å². The van der Waals surface area contributed by atoms with Crippen LogP contribution in [-0.4, -0.2) is 48.9 Å². The molecule has 4 heteroatoms. The number of likely N-dealkylation sites (tertiary alicyclic amines) is 1. The van der Waals surface area contributed by atoms with Gasteiger partial charge in [0, 0.05) is 23.8 Å². The number of hydrogen-bond donors (Lipinski definition) is 1. The van der Waals surface area contributed by atoms with E-state index in [1.807, 2.05) is 30.3 Å². The Morgan fingerprint density at radius 2 is 1.79 bits per heavy atom. The molecule has 1 fully saturated rings. The summed E-state index contributed by atoms with van der Waals surface area (Å²) in [5.41, 5.74) is 4.03. The summed E-state index contributed by atoms with van der Waals surface area (Å²) in [6, 6.07) is 16.8. The quantitative estimate of drug-likeness (QED) is 0.797. The van der Waals surface area contributed by atoms with Crippen molar-refractivity contribution in [3.8, 4) is 0 Å². The molecule has 1 amide bonds. The molecule has 0 aliphatic carbocycles. The Bertz CT molecular complexity index is 775. The number of nitrogens with one attached hydrogen (secondary N) is 1. The third-order valence-electron chi connectivity index (χ3n) is 5.72. The van der Waals surface area contributed by atoms with Gasteiger partial charge in [0.1, 0.15) is 0 Å². The van der Waals surface area contributed by atoms with Crippen molar-refractivity contribution in [1.29, 1.82) is 0 Å². The fraction of sp³-hybridized carbons (Fsp3) is 0.458. The maximum Gasteiger partial charge on any atom is 0.255 e. The van der Waals surface area contributed by atoms with Gasteiger partial charge in [0.05, 0.1) is 0 Å². The van der Waals surface area contributed by atoms with Gasteiger partial charge in [0.25, 0.3) is 5.91 Å². The maximum absolute atomic E-state index is 12.6. The van der Waals surface area contributed by atoms with Crippen LogP contribution in [0, 0.1) is 0 Å². The van der Waals surface area contributed by atoms with Crippen molar-refractivity contribution in [2.24, 2.45) is 0 Å². The lowest BCUT2D eigenvalue weighted by atomic mass is 10.0. The first-order chi connectivity index (χ1) is 13.4. The minimum atomic E-state index is -0.0546. The summed E-state index contributed by atoms with van der Waals surface area (Å²) in [5.74, 6) is 0.357. The average molecular weight is 380 g/mol. The second kappa shape index (κ2) is 9.35. The van der Waals surface area contributed by atoms with E-state index in [0.717, 1.165) is 25.3 Å². The number of amides is 1. The smallest absolute Gasteiger partial charge is 0.255 e. The molecule has 3 rings (SSSR count). The molecule has 1 heterocycles. The topological polar surface area (TPSA) is 35.6 Å². The third-order valence-corrected chi connectivity index (χ3v) is 5.72. The first-order valence-electron chi connectivity index (χ1n) is 10.3. The van der Waals surface area contributed by atoms with Crippen molar-refractivity contribution in [3.63, 3.8) is 0 Å². The molecule has 1 aliphatic heterocycles. The van der Waals surface area contributed by atoms with Crippen molar-refractivity contribution in [2.75, 3.05) is 32.5 Å². The lowest BCUT2D eigenvalue weighted by Crippen LogP contribution is -2.41. The summed E-state index contributed by atoms with van der Waals surface area (Å²) in [7, 11) is 4.35. The molecule has 4 nitrogen and oxygen atoms in total. The van der Waals surface area contributed by atoms with Gasteiger partial charge in [-0.2, -0.15) is 0 Å². The molecule has 2 aromatic carbocycles. The van der Waals surface area contributed by atoms with Crippen LogP contribution < -0.4 is 5.32 Å². The van der Waals surface area contributed by atoms with Crippen molar-refractivity contribution < 1.29 is 4.79 Å². The van der Waals surface area contributed by atoms with Crippen LogP contribution in [0.3, 0.4) is 0 Å². The van der Waals surface area contributed by atoms with Gasteiger partial charge in [-0.05, 0) is 81.3 Å². The maximum atomic E-state index is 12.6. The molecule has 0 aromatic heterocycles. The number of nitrogens with zero attached hydrogens (tertiary/aromatic N) is 2. The monoisotopic (exact) mass is 379 g/mol. The van der Waals surface area contributed by atoms with Gasteiger partial charge in [-0.1, -0.05) is 38.1 Å². The van der Waals surface area contributed by atoms with Crippen molar-refractivity contribution in [1.82, 2.24) is 9.80 Å². The largest absolute Gasteiger partial charge is 0.322 e. The number of anilines is 1. The fourth-order valence-electron chi connectivity index (χ4n) is 3.79. The van der Waals surface area contributed by atoms with Crippen LogP contribution in [0.1, 0.15) is 54.1 Å². The van der Waals surface area contributed by atoms with E-state index in [4.69, 9.17) is 0 Å². The van der Waals surface area contributed by atoms with E-state index >= 15 is 0 Å². The molecular weight excluding hydrogens is 346 g/mol. The van der Waals surface area contributed by atoms with Gasteiger partial charge >= 0.3 is 0 Å². The Hall–Kier alpha value is -2.17. The molecule has 2 aromatic rings. The highest BCUT2D eigenvalue weighted by Crippen LogP contribution is 2.19. The van der Waals surface area contributed by atoms with Crippen LogP contribution in [0.2, 0.25) is 0 Å². The van der Waals surface area contributed by atoms with E-state index < -0.39 is 0 Å². The average Bonchev–Trinajstić information content (AvgIpc) is 2.70. The number of carbonyl (C=O) groups excluding carboxylic acids is 1. The second-order valence-electron chi connectivity index (χ2n) is 8.40. The highest BCUT2D eigenvalue weighted by atomic mass is 16.1. The fourth-order valence-corrected chi connectivity index (χ4v) is 3.79. The van der Waals surface area contributed by atoms with E-state index in [1.165, 1.54) is 24.0 Å². The molecule has 1 N–H and O–H groups in total. The molecule has 1 saturated heterocycles. The Morgan fingerprint density at radius 3 is 2.39 bits per heavy atom. The summed E-state index contributed by atoms with van der Waals surface area (Å²) < 4.78 is 0. The highest BCUT2D eigenvalue weighted by molar-refractivity contribution is 6.04. The van der Waals surface area contributed by atoms with Gasteiger partial charge in [0.15, 0.2) is 0 Å². The molecule has 28 heavy (non-hydrogen) atoms. The van der Waals surface area contributed by atoms with E-state index in [-0.39, 0.29) is 5.91 Å². The lowest BCUT2D eigenvalue weighted by Gasteiger charge is -2.35. The van der Waals surface area contributed by atoms with E-state index in [0.29, 0.717) is 17.5 Å². The molecule has 0 spiro atoms. The van der Waals surface area contributed by atoms with Gasteiger partial charge in [-0.25, -0.2) is 0 Å². The van der Waals surface area contributed by atoms with Crippen molar-refractivity contribution >= 4 is 11.6 Å². The molecule has 0 saturated carbocycles. The first kappa shape index (κ1) is 20.6. The minimum absolute atomic E-state index is 0.0546. The molecular formula is C24H33N3O. The summed E-state index contributed by atoms with van der Waals surface area (Å²) in [4.78, 5) is 17.4. The zero-order valence-corrected chi connectivity index (χ0v) is 17.6. The number of piperidine rings is 1. The SMILES string of the molecule is CC(C)c1cccc(C(=O)Nc2ccc(CN3CCC(N(C)C)CC3)cc2)c1. The van der Waals surface area contributed by atoms with Crippen LogP contribution in [0.4, 0.5) is 5.69 Å². The third kappa shape index (κ3) is 5.43. The Kier molecular flexibility index (Phi) is 6.87. The summed E-state index contributed by atoms with van der Waals surface area (Å²) in [6.07, 6.45) is 2.47. The molecule has 1 aliphatic rings. The second-order valence-corrected chi connectivity index (χ2v) is 8.40. The molecule has 0 bridgehead atoms. The Morgan fingerprint density at radius 1 is 1.11 bits per heavy atom. The van der Waals surface area contributed by atoms with Crippen molar-refractivity contribution in [3.05, 3.63) is 65.2 Å². The predicted octanol–water partition coefficient (Wildman–Crippen LogP) is 4.59. The summed E-state index contributed by atoms with van der Waals surface area (Å²) in [6.45, 7) is 7.54. The molecule has 0 radical (unpaired) electrons. The number of carbonyl (C=O) groups is 1. The highest BCUT2D eigenvalue weighted by Gasteiger charge is 2.20.